The number of nitrogens with one attached hydrogen (secondary N) is 2. The van der Waals surface area contributed by atoms with Crippen molar-refractivity contribution in [2.75, 3.05) is 0 Å². The normalized spacial score (nSPS) is 22.8. The highest BCUT2D eigenvalue weighted by molar-refractivity contribution is 6.31. The van der Waals surface area contributed by atoms with Crippen LogP contribution >= 0.6 is 11.6 Å². The van der Waals surface area contributed by atoms with E-state index in [0.717, 1.165) is 36.0 Å². The lowest BCUT2D eigenvalue weighted by Gasteiger charge is -2.41. The molecular weight excluding hydrogens is 779 g/mol. The zero-order valence-corrected chi connectivity index (χ0v) is 34.0. The monoisotopic (exact) mass is 828 g/mol. The van der Waals surface area contributed by atoms with E-state index in [1.54, 1.807) is 24.3 Å². The van der Waals surface area contributed by atoms with Crippen LogP contribution in [0.25, 0.3) is 0 Å². The van der Waals surface area contributed by atoms with E-state index in [-0.39, 0.29) is 12.0 Å². The van der Waals surface area contributed by atoms with Gasteiger partial charge in [0.15, 0.2) is 23.0 Å². The van der Waals surface area contributed by atoms with E-state index in [2.05, 4.69) is 22.8 Å². The molecular formula is C50H50ClFN2O6. The summed E-state index contributed by atoms with van der Waals surface area (Å²) in [6.07, 6.45) is 1.03. The van der Waals surface area contributed by atoms with E-state index in [0.29, 0.717) is 65.5 Å². The Morgan fingerprint density at radius 3 is 1.75 bits per heavy atom. The number of benzene rings is 6. The number of hydrogen-bond donors (Lipinski definition) is 4. The molecule has 0 spiro atoms. The largest absolute Gasteiger partial charge is 0.484 e. The summed E-state index contributed by atoms with van der Waals surface area (Å²) in [7, 11) is 0. The van der Waals surface area contributed by atoms with E-state index in [1.807, 2.05) is 103 Å². The molecule has 0 saturated heterocycles. The predicted molar refractivity (Wildman–Crippen MR) is 232 cm³/mol. The highest BCUT2D eigenvalue weighted by Crippen LogP contribution is 2.43. The topological polar surface area (TPSA) is 101 Å². The molecule has 1 unspecified atom stereocenters. The summed E-state index contributed by atoms with van der Waals surface area (Å²) >= 11 is 6.99. The lowest BCUT2D eigenvalue weighted by Crippen LogP contribution is -2.54. The number of hydrogen-bond acceptors (Lipinski definition) is 8. The maximum absolute atomic E-state index is 14.0. The predicted octanol–water partition coefficient (Wildman–Crippen LogP) is 10.4. The fourth-order valence-electron chi connectivity index (χ4n) is 8.32. The molecule has 0 radical (unpaired) electrons. The smallest absolute Gasteiger partial charge is 0.169 e. The summed E-state index contributed by atoms with van der Waals surface area (Å²) in [6, 6.07) is 45.9. The van der Waals surface area contributed by atoms with Crippen molar-refractivity contribution in [1.29, 1.82) is 0 Å². The molecule has 0 aromatic heterocycles. The first-order valence-electron chi connectivity index (χ1n) is 20.7. The average Bonchev–Trinajstić information content (AvgIpc) is 3.27. The highest BCUT2D eigenvalue weighted by Gasteiger charge is 2.41. The van der Waals surface area contributed by atoms with Crippen LogP contribution in [0.3, 0.4) is 0 Å². The summed E-state index contributed by atoms with van der Waals surface area (Å²) in [5, 5.41) is 31.3. The average molecular weight is 829 g/mol. The Kier molecular flexibility index (Phi) is 13.6. The van der Waals surface area contributed by atoms with Gasteiger partial charge >= 0.3 is 0 Å². The second-order valence-electron chi connectivity index (χ2n) is 15.5. The van der Waals surface area contributed by atoms with Crippen molar-refractivity contribution in [3.8, 4) is 34.5 Å². The van der Waals surface area contributed by atoms with Crippen LogP contribution in [-0.2, 0) is 13.1 Å². The molecule has 8 nitrogen and oxygen atoms in total. The molecule has 10 heteroatoms. The maximum atomic E-state index is 14.0. The van der Waals surface area contributed by atoms with Crippen LogP contribution in [0, 0.1) is 5.82 Å². The molecule has 8 rings (SSSR count). The van der Waals surface area contributed by atoms with Crippen LogP contribution in [0.5, 0.6) is 34.5 Å². The molecule has 2 saturated carbocycles. The van der Waals surface area contributed by atoms with Crippen LogP contribution in [0.1, 0.15) is 54.7 Å². The first-order valence-corrected chi connectivity index (χ1v) is 21.1. The molecule has 2 fully saturated rings. The van der Waals surface area contributed by atoms with Gasteiger partial charge in [0.05, 0.1) is 0 Å². The molecule has 60 heavy (non-hydrogen) atoms. The molecule has 6 aromatic rings. The Bertz CT molecular complexity index is 2300. The second kappa shape index (κ2) is 19.8. The Morgan fingerprint density at radius 1 is 0.550 bits per heavy atom. The summed E-state index contributed by atoms with van der Waals surface area (Å²) in [5.41, 5.74) is 3.07. The van der Waals surface area contributed by atoms with Gasteiger partial charge < -0.3 is 39.8 Å². The standard InChI is InChI=1S/C50H50ClFN2O6/c51-40-27-25-37(58-43-21-8-9-22-44(43)59-46-24-12-19-41(49(46)55)53-31-33-13-3-1-4-14-33)30-39(40)38-26-28-47(50(56)48(38)54-32-34-15-5-2-6-16-34)60-45-23-10-7-20-42(45)57-36-18-11-17-35(52)29-36/h1-11,13-18,20-23,25,27,29-30,38,41,46-50,53-56H,12,19,24,26,28,31-32H2/t38?,41-,46-,47-,48-,49-,50+/m1/s1. The second-order valence-corrected chi connectivity index (χ2v) is 15.9. The zero-order valence-electron chi connectivity index (χ0n) is 33.2. The molecule has 2 aliphatic carbocycles. The van der Waals surface area contributed by atoms with E-state index in [1.165, 1.54) is 12.1 Å². The van der Waals surface area contributed by atoms with Crippen molar-refractivity contribution in [3.63, 3.8) is 0 Å². The third-order valence-corrected chi connectivity index (χ3v) is 11.8. The van der Waals surface area contributed by atoms with Gasteiger partial charge in [-0.2, -0.15) is 0 Å². The van der Waals surface area contributed by atoms with Gasteiger partial charge in [-0.05, 0) is 103 Å². The highest BCUT2D eigenvalue weighted by atomic mass is 35.5. The number of para-hydroxylation sites is 4. The Morgan fingerprint density at radius 2 is 1.12 bits per heavy atom. The van der Waals surface area contributed by atoms with Crippen molar-refractivity contribution in [2.45, 2.75) is 87.6 Å². The number of rotatable bonds is 15. The van der Waals surface area contributed by atoms with Crippen molar-refractivity contribution in [3.05, 3.63) is 179 Å². The van der Waals surface area contributed by atoms with Gasteiger partial charge in [0.1, 0.15) is 41.7 Å². The molecule has 0 bridgehead atoms. The molecule has 6 aromatic carbocycles. The third kappa shape index (κ3) is 10.3. The minimum absolute atomic E-state index is 0.0987. The number of aliphatic hydroxyl groups is 2. The lowest BCUT2D eigenvalue weighted by atomic mass is 9.76. The summed E-state index contributed by atoms with van der Waals surface area (Å²) < 4.78 is 39.6. The van der Waals surface area contributed by atoms with Gasteiger partial charge in [0.25, 0.3) is 0 Å². The van der Waals surface area contributed by atoms with Crippen molar-refractivity contribution < 1.29 is 33.6 Å². The summed E-state index contributed by atoms with van der Waals surface area (Å²) in [4.78, 5) is 0. The van der Waals surface area contributed by atoms with Crippen LogP contribution in [0.2, 0.25) is 5.02 Å². The van der Waals surface area contributed by atoms with Crippen molar-refractivity contribution in [2.24, 2.45) is 0 Å². The molecule has 4 N–H and O–H groups in total. The van der Waals surface area contributed by atoms with E-state index in [9.17, 15) is 14.6 Å². The SMILES string of the molecule is O[C@@H]1[C@H](NCc2ccccc2)C(c2cc(Oc3ccccc3O[C@@H]3CCC[C@@H](NCc4ccccc4)[C@H]3O)ccc2Cl)CC[C@H]1Oc1ccccc1Oc1cccc(F)c1. The lowest BCUT2D eigenvalue weighted by molar-refractivity contribution is -0.0245. The van der Waals surface area contributed by atoms with Crippen LogP contribution < -0.4 is 29.6 Å². The minimum Gasteiger partial charge on any atom is -0.484 e. The molecule has 0 amide bonds. The van der Waals surface area contributed by atoms with Gasteiger partial charge in [-0.25, -0.2) is 4.39 Å². The number of aliphatic hydroxyl groups excluding tert-OH is 2. The van der Waals surface area contributed by atoms with Crippen LogP contribution in [0.15, 0.2) is 152 Å². The first kappa shape index (κ1) is 41.3. The Hall–Kier alpha value is -5.42. The number of ether oxygens (including phenoxy) is 4. The van der Waals surface area contributed by atoms with Crippen LogP contribution in [-0.4, -0.2) is 46.7 Å². The Labute approximate surface area is 355 Å². The third-order valence-electron chi connectivity index (χ3n) is 11.4. The van der Waals surface area contributed by atoms with Gasteiger partial charge in [-0.3, -0.25) is 0 Å². The van der Waals surface area contributed by atoms with Gasteiger partial charge in [0, 0.05) is 42.2 Å². The first-order chi connectivity index (χ1) is 29.4. The van der Waals surface area contributed by atoms with E-state index >= 15 is 0 Å². The quantitative estimate of drug-likeness (QED) is 0.0812. The molecule has 2 aliphatic rings. The minimum atomic E-state index is -0.947. The molecule has 0 heterocycles. The summed E-state index contributed by atoms with van der Waals surface area (Å²) in [5.74, 6) is 2.22. The molecule has 0 aliphatic heterocycles. The number of halogens is 2. The van der Waals surface area contributed by atoms with Crippen molar-refractivity contribution >= 4 is 11.6 Å². The Balaban J connectivity index is 0.994. The zero-order chi connectivity index (χ0) is 41.3. The fourth-order valence-corrected chi connectivity index (χ4v) is 8.57. The van der Waals surface area contributed by atoms with Gasteiger partial charge in [-0.1, -0.05) is 103 Å². The maximum Gasteiger partial charge on any atom is 0.169 e. The van der Waals surface area contributed by atoms with Crippen LogP contribution in [0.4, 0.5) is 4.39 Å². The molecule has 7 atom stereocenters. The van der Waals surface area contributed by atoms with Gasteiger partial charge in [-0.15, -0.1) is 0 Å². The fraction of sp³-hybridized carbons (Fsp3) is 0.280. The van der Waals surface area contributed by atoms with E-state index in [4.69, 9.17) is 30.5 Å². The van der Waals surface area contributed by atoms with Crippen molar-refractivity contribution in [1.82, 2.24) is 10.6 Å². The van der Waals surface area contributed by atoms with E-state index < -0.39 is 36.3 Å². The molecule has 310 valence electrons. The van der Waals surface area contributed by atoms with Gasteiger partial charge in [0.2, 0.25) is 0 Å². The summed E-state index contributed by atoms with van der Waals surface area (Å²) in [6.45, 7) is 1.18.